The van der Waals surface area contributed by atoms with Crippen molar-refractivity contribution in [3.8, 4) is 0 Å². The number of halogens is 1. The third kappa shape index (κ3) is 2.58. The molecule has 1 saturated heterocycles. The smallest absolute Gasteiger partial charge is 0.0660 e. The van der Waals surface area contributed by atoms with E-state index in [-0.39, 0.29) is 0 Å². The fraction of sp³-hybridized carbons (Fsp3) is 0.500. The number of anilines is 2. The van der Waals surface area contributed by atoms with Crippen LogP contribution in [0.2, 0.25) is 5.02 Å². The summed E-state index contributed by atoms with van der Waals surface area (Å²) in [5.41, 5.74) is 7.53. The Bertz CT molecular complexity index is 393. The van der Waals surface area contributed by atoms with Crippen LogP contribution in [0, 0.1) is 0 Å². The summed E-state index contributed by atoms with van der Waals surface area (Å²) in [6, 6.07) is 5.76. The molecule has 1 fully saturated rings. The van der Waals surface area contributed by atoms with Gasteiger partial charge in [0.25, 0.3) is 0 Å². The molecule has 0 amide bonds. The molecule has 1 aliphatic heterocycles. The molecular formula is C12H17ClN2S. The summed E-state index contributed by atoms with van der Waals surface area (Å²) in [6.45, 7) is 6.63. The highest BCUT2D eigenvalue weighted by Crippen LogP contribution is 2.35. The molecule has 0 unspecified atom stereocenters. The largest absolute Gasteiger partial charge is 0.399 e. The summed E-state index contributed by atoms with van der Waals surface area (Å²) in [5, 5.41) is 0.753. The molecule has 1 aliphatic rings. The molecule has 2 nitrogen and oxygen atoms in total. The molecule has 2 rings (SSSR count). The molecule has 1 aromatic carbocycles. The molecule has 88 valence electrons. The number of nitrogens with two attached hydrogens (primary N) is 1. The molecule has 0 bridgehead atoms. The van der Waals surface area contributed by atoms with Gasteiger partial charge in [-0.05, 0) is 32.0 Å². The SMILES string of the molecule is CC1(C)CN(c2ccc(N)cc2Cl)CCS1. The van der Waals surface area contributed by atoms with Crippen molar-refractivity contribution in [1.82, 2.24) is 0 Å². The van der Waals surface area contributed by atoms with Gasteiger partial charge in [-0.2, -0.15) is 11.8 Å². The van der Waals surface area contributed by atoms with E-state index in [1.807, 2.05) is 30.0 Å². The predicted molar refractivity (Wildman–Crippen MR) is 74.6 cm³/mol. The maximum atomic E-state index is 6.23. The van der Waals surface area contributed by atoms with Crippen LogP contribution >= 0.6 is 23.4 Å². The van der Waals surface area contributed by atoms with Crippen molar-refractivity contribution in [2.75, 3.05) is 29.5 Å². The Morgan fingerprint density at radius 2 is 2.19 bits per heavy atom. The number of hydrogen-bond acceptors (Lipinski definition) is 3. The minimum absolute atomic E-state index is 0.295. The maximum Gasteiger partial charge on any atom is 0.0660 e. The third-order valence-electron chi connectivity index (χ3n) is 2.74. The molecule has 0 saturated carbocycles. The summed E-state index contributed by atoms with van der Waals surface area (Å²) in [4.78, 5) is 2.35. The number of rotatable bonds is 1. The molecule has 1 heterocycles. The van der Waals surface area contributed by atoms with Crippen LogP contribution in [0.15, 0.2) is 18.2 Å². The molecule has 2 N–H and O–H groups in total. The van der Waals surface area contributed by atoms with Crippen LogP contribution in [0.1, 0.15) is 13.8 Å². The van der Waals surface area contributed by atoms with Gasteiger partial charge in [-0.25, -0.2) is 0 Å². The van der Waals surface area contributed by atoms with Gasteiger partial charge in [0.15, 0.2) is 0 Å². The van der Waals surface area contributed by atoms with Gasteiger partial charge in [0.05, 0.1) is 10.7 Å². The number of hydrogen-bond donors (Lipinski definition) is 1. The average molecular weight is 257 g/mol. The first kappa shape index (κ1) is 11.9. The lowest BCUT2D eigenvalue weighted by Gasteiger charge is -2.39. The normalized spacial score (nSPS) is 19.8. The van der Waals surface area contributed by atoms with E-state index in [0.29, 0.717) is 4.75 Å². The van der Waals surface area contributed by atoms with Crippen molar-refractivity contribution in [1.29, 1.82) is 0 Å². The minimum atomic E-state index is 0.295. The van der Waals surface area contributed by atoms with E-state index in [1.165, 1.54) is 0 Å². The summed E-state index contributed by atoms with van der Waals surface area (Å²) >= 11 is 8.25. The Balaban J connectivity index is 2.23. The molecule has 0 aliphatic carbocycles. The topological polar surface area (TPSA) is 29.3 Å². The summed E-state index contributed by atoms with van der Waals surface area (Å²) in [5.74, 6) is 1.15. The molecule has 0 spiro atoms. The van der Waals surface area contributed by atoms with Crippen molar-refractivity contribution in [3.05, 3.63) is 23.2 Å². The van der Waals surface area contributed by atoms with E-state index >= 15 is 0 Å². The van der Waals surface area contributed by atoms with Crippen molar-refractivity contribution >= 4 is 34.7 Å². The first-order chi connectivity index (χ1) is 7.48. The Morgan fingerprint density at radius 1 is 1.44 bits per heavy atom. The maximum absolute atomic E-state index is 6.23. The number of nitrogen functional groups attached to an aromatic ring is 1. The van der Waals surface area contributed by atoms with Crippen molar-refractivity contribution < 1.29 is 0 Å². The first-order valence-electron chi connectivity index (χ1n) is 5.42. The summed E-state index contributed by atoms with van der Waals surface area (Å²) in [7, 11) is 0. The van der Waals surface area contributed by atoms with E-state index in [4.69, 9.17) is 17.3 Å². The molecule has 0 atom stereocenters. The number of thioether (sulfide) groups is 1. The first-order valence-corrected chi connectivity index (χ1v) is 6.78. The Morgan fingerprint density at radius 3 is 2.81 bits per heavy atom. The lowest BCUT2D eigenvalue weighted by Crippen LogP contribution is -2.43. The third-order valence-corrected chi connectivity index (χ3v) is 4.34. The molecule has 0 aromatic heterocycles. The molecule has 4 heteroatoms. The van der Waals surface area contributed by atoms with Crippen molar-refractivity contribution in [3.63, 3.8) is 0 Å². The van der Waals surface area contributed by atoms with Crippen LogP contribution in [0.4, 0.5) is 11.4 Å². The van der Waals surface area contributed by atoms with E-state index < -0.39 is 0 Å². The van der Waals surface area contributed by atoms with Crippen LogP contribution in [0.3, 0.4) is 0 Å². The van der Waals surface area contributed by atoms with Crippen LogP contribution in [0.25, 0.3) is 0 Å². The highest BCUT2D eigenvalue weighted by atomic mass is 35.5. The second-order valence-electron chi connectivity index (χ2n) is 4.74. The van der Waals surface area contributed by atoms with Crippen molar-refractivity contribution in [2.45, 2.75) is 18.6 Å². The lowest BCUT2D eigenvalue weighted by molar-refractivity contribution is 0.648. The molecule has 16 heavy (non-hydrogen) atoms. The van der Waals surface area contributed by atoms with Gasteiger partial charge in [-0.15, -0.1) is 0 Å². The Hall–Kier alpha value is -0.540. The zero-order chi connectivity index (χ0) is 11.8. The highest BCUT2D eigenvalue weighted by molar-refractivity contribution is 8.00. The fourth-order valence-corrected chi connectivity index (χ4v) is 3.42. The summed E-state index contributed by atoms with van der Waals surface area (Å²) < 4.78 is 0.295. The van der Waals surface area contributed by atoms with Gasteiger partial charge in [0, 0.05) is 29.3 Å². The van der Waals surface area contributed by atoms with Crippen LogP contribution < -0.4 is 10.6 Å². The van der Waals surface area contributed by atoms with E-state index in [0.717, 1.165) is 35.2 Å². The molecular weight excluding hydrogens is 240 g/mol. The van der Waals surface area contributed by atoms with Crippen LogP contribution in [-0.2, 0) is 0 Å². The number of benzene rings is 1. The van der Waals surface area contributed by atoms with Crippen molar-refractivity contribution in [2.24, 2.45) is 0 Å². The van der Waals surface area contributed by atoms with Crippen LogP contribution in [-0.4, -0.2) is 23.6 Å². The highest BCUT2D eigenvalue weighted by Gasteiger charge is 2.27. The predicted octanol–water partition coefficient (Wildman–Crippen LogP) is 3.25. The Kier molecular flexibility index (Phi) is 3.27. The van der Waals surface area contributed by atoms with E-state index in [9.17, 15) is 0 Å². The molecule has 1 aromatic rings. The van der Waals surface area contributed by atoms with Gasteiger partial charge in [0.1, 0.15) is 0 Å². The lowest BCUT2D eigenvalue weighted by atomic mass is 10.1. The second kappa shape index (κ2) is 4.38. The minimum Gasteiger partial charge on any atom is -0.399 e. The molecule has 0 radical (unpaired) electrons. The monoisotopic (exact) mass is 256 g/mol. The standard InChI is InChI=1S/C12H17ClN2S/c1-12(2)8-15(5-6-16-12)11-4-3-9(14)7-10(11)13/h3-4,7H,5-6,8,14H2,1-2H3. The zero-order valence-corrected chi connectivity index (χ0v) is 11.2. The number of nitrogens with zero attached hydrogens (tertiary/aromatic N) is 1. The summed E-state index contributed by atoms with van der Waals surface area (Å²) in [6.07, 6.45) is 0. The fourth-order valence-electron chi connectivity index (χ4n) is 2.00. The van der Waals surface area contributed by atoms with Crippen LogP contribution in [0.5, 0.6) is 0 Å². The van der Waals surface area contributed by atoms with Gasteiger partial charge < -0.3 is 10.6 Å². The Labute approximate surface area is 106 Å². The van der Waals surface area contributed by atoms with Gasteiger partial charge in [-0.1, -0.05) is 11.6 Å². The zero-order valence-electron chi connectivity index (χ0n) is 9.66. The average Bonchev–Trinajstić information content (AvgIpc) is 2.15. The quantitative estimate of drug-likeness (QED) is 0.782. The van der Waals surface area contributed by atoms with Gasteiger partial charge in [-0.3, -0.25) is 0 Å². The van der Waals surface area contributed by atoms with E-state index in [2.05, 4.69) is 18.7 Å². The van der Waals surface area contributed by atoms with Gasteiger partial charge in [0.2, 0.25) is 0 Å². The van der Waals surface area contributed by atoms with E-state index in [1.54, 1.807) is 0 Å². The second-order valence-corrected chi connectivity index (χ2v) is 6.95. The van der Waals surface area contributed by atoms with Gasteiger partial charge >= 0.3 is 0 Å².